The Morgan fingerprint density at radius 2 is 1.79 bits per heavy atom. The normalized spacial score (nSPS) is 27.5. The van der Waals surface area contributed by atoms with E-state index < -0.39 is 11.7 Å². The first-order valence-electron chi connectivity index (χ1n) is 6.55. The molecule has 2 aliphatic heterocycles. The van der Waals surface area contributed by atoms with Gasteiger partial charge in [0.1, 0.15) is 0 Å². The highest BCUT2D eigenvalue weighted by atomic mass is 19.4. The van der Waals surface area contributed by atoms with E-state index in [4.69, 9.17) is 0 Å². The molecular formula is C15H16F3N. The molecule has 3 rings (SSSR count). The Morgan fingerprint density at radius 1 is 1.11 bits per heavy atom. The molecule has 102 valence electrons. The molecule has 4 heteroatoms. The first kappa shape index (κ1) is 12.7. The van der Waals surface area contributed by atoms with Crippen molar-refractivity contribution in [1.82, 2.24) is 4.90 Å². The van der Waals surface area contributed by atoms with Crippen LogP contribution in [0.5, 0.6) is 0 Å². The molecule has 0 N–H and O–H groups in total. The van der Waals surface area contributed by atoms with Gasteiger partial charge in [0.2, 0.25) is 0 Å². The molecule has 1 aromatic carbocycles. The lowest BCUT2D eigenvalue weighted by Crippen LogP contribution is -2.34. The van der Waals surface area contributed by atoms with Gasteiger partial charge < -0.3 is 0 Å². The number of hydrogen-bond acceptors (Lipinski definition) is 1. The highest BCUT2D eigenvalue weighted by molar-refractivity contribution is 5.68. The van der Waals surface area contributed by atoms with Crippen LogP contribution in [-0.2, 0) is 6.18 Å². The fraction of sp³-hybridized carbons (Fsp3) is 0.467. The van der Waals surface area contributed by atoms with Crippen LogP contribution in [0.3, 0.4) is 0 Å². The van der Waals surface area contributed by atoms with Crippen LogP contribution in [0, 0.1) is 0 Å². The maximum Gasteiger partial charge on any atom is 0.416 e. The SMILES string of the molecule is [11CH3]N1C2C=C(c3ccc(C(F)(F)F)cc3)CC1CC2. The summed E-state index contributed by atoms with van der Waals surface area (Å²) in [5.41, 5.74) is 1.55. The Labute approximate surface area is 110 Å². The van der Waals surface area contributed by atoms with Crippen LogP contribution in [0.15, 0.2) is 30.3 Å². The number of benzene rings is 1. The summed E-state index contributed by atoms with van der Waals surface area (Å²) in [6.07, 6.45) is 1.25. The average Bonchev–Trinajstić information content (AvgIpc) is 2.61. The van der Waals surface area contributed by atoms with Crippen molar-refractivity contribution < 1.29 is 13.2 Å². The van der Waals surface area contributed by atoms with E-state index in [9.17, 15) is 13.2 Å². The van der Waals surface area contributed by atoms with Gasteiger partial charge in [0, 0.05) is 12.1 Å². The van der Waals surface area contributed by atoms with Crippen molar-refractivity contribution in [2.75, 3.05) is 7.05 Å². The summed E-state index contributed by atoms with van der Waals surface area (Å²) in [5, 5.41) is 0. The van der Waals surface area contributed by atoms with E-state index in [2.05, 4.69) is 18.0 Å². The summed E-state index contributed by atoms with van der Waals surface area (Å²) in [6.45, 7) is 0. The van der Waals surface area contributed by atoms with Gasteiger partial charge in [-0.1, -0.05) is 18.2 Å². The molecule has 1 saturated heterocycles. The van der Waals surface area contributed by atoms with Crippen LogP contribution in [0.1, 0.15) is 30.4 Å². The number of nitrogens with zero attached hydrogens (tertiary/aromatic N) is 1. The van der Waals surface area contributed by atoms with Gasteiger partial charge in [-0.25, -0.2) is 0 Å². The molecule has 2 atom stereocenters. The number of likely N-dealkylation sites (N-methyl/N-ethyl adjacent to an activating group) is 1. The average molecular weight is 266 g/mol. The van der Waals surface area contributed by atoms with E-state index in [-0.39, 0.29) is 0 Å². The monoisotopic (exact) mass is 266 g/mol. The van der Waals surface area contributed by atoms with Gasteiger partial charge in [-0.05, 0) is 49.6 Å². The molecule has 0 aliphatic carbocycles. The molecule has 0 amide bonds. The molecule has 0 saturated carbocycles. The summed E-state index contributed by atoms with van der Waals surface area (Å²) >= 11 is 0. The number of fused-ring (bicyclic) bond motifs is 2. The molecule has 0 aromatic heterocycles. The Balaban J connectivity index is 1.86. The zero-order valence-corrected chi connectivity index (χ0v) is 10.7. The zero-order valence-electron chi connectivity index (χ0n) is 10.7. The molecule has 1 fully saturated rings. The number of hydrogen-bond donors (Lipinski definition) is 0. The van der Waals surface area contributed by atoms with Crippen molar-refractivity contribution in [2.24, 2.45) is 0 Å². The third-order valence-corrected chi connectivity index (χ3v) is 4.33. The second-order valence-corrected chi connectivity index (χ2v) is 5.44. The van der Waals surface area contributed by atoms with E-state index in [1.165, 1.54) is 24.1 Å². The van der Waals surface area contributed by atoms with Crippen LogP contribution in [0.4, 0.5) is 13.2 Å². The van der Waals surface area contributed by atoms with Crippen LogP contribution in [0.2, 0.25) is 0 Å². The molecule has 2 unspecified atom stereocenters. The molecule has 2 heterocycles. The van der Waals surface area contributed by atoms with E-state index >= 15 is 0 Å². The molecule has 2 bridgehead atoms. The highest BCUT2D eigenvalue weighted by Crippen LogP contribution is 2.38. The van der Waals surface area contributed by atoms with Gasteiger partial charge in [-0.2, -0.15) is 13.2 Å². The van der Waals surface area contributed by atoms with Crippen LogP contribution < -0.4 is 0 Å². The van der Waals surface area contributed by atoms with Crippen molar-refractivity contribution >= 4 is 5.57 Å². The number of alkyl halides is 3. The first-order chi connectivity index (χ1) is 8.95. The summed E-state index contributed by atoms with van der Waals surface area (Å²) in [7, 11) is 2.13. The second-order valence-electron chi connectivity index (χ2n) is 5.44. The predicted octanol–water partition coefficient (Wildman–Crippen LogP) is 3.96. The molecule has 2 aliphatic rings. The van der Waals surface area contributed by atoms with Gasteiger partial charge >= 0.3 is 6.18 Å². The van der Waals surface area contributed by atoms with E-state index in [0.29, 0.717) is 12.1 Å². The topological polar surface area (TPSA) is 3.24 Å². The largest absolute Gasteiger partial charge is 0.416 e. The van der Waals surface area contributed by atoms with E-state index in [0.717, 1.165) is 18.4 Å². The Morgan fingerprint density at radius 3 is 2.37 bits per heavy atom. The maximum absolute atomic E-state index is 12.5. The predicted molar refractivity (Wildman–Crippen MR) is 68.6 cm³/mol. The third-order valence-electron chi connectivity index (χ3n) is 4.33. The molecule has 19 heavy (non-hydrogen) atoms. The van der Waals surface area contributed by atoms with Gasteiger partial charge in [0.15, 0.2) is 0 Å². The maximum atomic E-state index is 12.5. The summed E-state index contributed by atoms with van der Waals surface area (Å²) in [6, 6.07) is 6.55. The quantitative estimate of drug-likeness (QED) is 0.743. The molecular weight excluding hydrogens is 250 g/mol. The lowest BCUT2D eigenvalue weighted by Gasteiger charge is -2.30. The Kier molecular flexibility index (Phi) is 2.93. The van der Waals surface area contributed by atoms with Gasteiger partial charge in [-0.15, -0.1) is 0 Å². The third kappa shape index (κ3) is 2.29. The molecule has 0 spiro atoms. The minimum Gasteiger partial charge on any atom is -0.297 e. The van der Waals surface area contributed by atoms with Crippen molar-refractivity contribution in [3.8, 4) is 0 Å². The van der Waals surface area contributed by atoms with Crippen molar-refractivity contribution in [1.29, 1.82) is 0 Å². The minimum absolute atomic E-state index is 0.455. The zero-order chi connectivity index (χ0) is 13.6. The van der Waals surface area contributed by atoms with Gasteiger partial charge in [-0.3, -0.25) is 4.90 Å². The van der Waals surface area contributed by atoms with Crippen LogP contribution >= 0.6 is 0 Å². The smallest absolute Gasteiger partial charge is 0.297 e. The lowest BCUT2D eigenvalue weighted by atomic mass is 9.93. The standard InChI is InChI=1S/C15H16F3N/c1-19-13-6-7-14(19)9-11(8-13)10-2-4-12(5-3-10)15(16,17)18/h2-5,8,13-14H,6-7,9H2,1H3/i1-1. The van der Waals surface area contributed by atoms with Crippen molar-refractivity contribution in [3.05, 3.63) is 41.5 Å². The Hall–Kier alpha value is -1.29. The summed E-state index contributed by atoms with van der Waals surface area (Å²) in [5.74, 6) is 0. The van der Waals surface area contributed by atoms with Gasteiger partial charge in [0.05, 0.1) is 5.56 Å². The second kappa shape index (κ2) is 4.37. The fourth-order valence-electron chi connectivity index (χ4n) is 3.13. The minimum atomic E-state index is -4.25. The van der Waals surface area contributed by atoms with Crippen molar-refractivity contribution in [2.45, 2.75) is 37.5 Å². The van der Waals surface area contributed by atoms with Gasteiger partial charge in [0.25, 0.3) is 0 Å². The van der Waals surface area contributed by atoms with E-state index in [1.807, 2.05) is 0 Å². The number of halogens is 3. The fourth-order valence-corrected chi connectivity index (χ4v) is 3.13. The van der Waals surface area contributed by atoms with E-state index in [1.54, 1.807) is 12.1 Å². The van der Waals surface area contributed by atoms with Crippen molar-refractivity contribution in [3.63, 3.8) is 0 Å². The number of rotatable bonds is 1. The highest BCUT2D eigenvalue weighted by Gasteiger charge is 2.34. The Bertz CT molecular complexity index is 501. The lowest BCUT2D eigenvalue weighted by molar-refractivity contribution is -0.137. The summed E-state index contributed by atoms with van der Waals surface area (Å²) < 4.78 is 37.6. The van der Waals surface area contributed by atoms with Crippen LogP contribution in [0.25, 0.3) is 5.57 Å². The molecule has 1 nitrogen and oxygen atoms in total. The summed E-state index contributed by atoms with van der Waals surface area (Å²) in [4.78, 5) is 2.37. The molecule has 1 aromatic rings. The molecule has 0 radical (unpaired) electrons. The van der Waals surface area contributed by atoms with Crippen LogP contribution in [-0.4, -0.2) is 24.0 Å². The first-order valence-corrected chi connectivity index (χ1v) is 6.55.